The zero-order valence-electron chi connectivity index (χ0n) is 15.9. The number of nitrogens with zero attached hydrogens (tertiary/aromatic N) is 3. The average Bonchev–Trinajstić information content (AvgIpc) is 3.08. The van der Waals surface area contributed by atoms with Crippen molar-refractivity contribution in [1.29, 1.82) is 0 Å². The van der Waals surface area contributed by atoms with Gasteiger partial charge in [-0.3, -0.25) is 9.78 Å². The number of carbonyl (C=O) groups excluding carboxylic acids is 1. The lowest BCUT2D eigenvalue weighted by Crippen LogP contribution is -2.36. The highest BCUT2D eigenvalue weighted by atomic mass is 16.4. The molecule has 0 fully saturated rings. The monoisotopic (exact) mass is 379 g/mol. The minimum Gasteiger partial charge on any atom is -0.445 e. The van der Waals surface area contributed by atoms with Gasteiger partial charge in [-0.2, -0.15) is 0 Å². The van der Waals surface area contributed by atoms with Crippen molar-refractivity contribution in [3.05, 3.63) is 80.8 Å². The van der Waals surface area contributed by atoms with E-state index in [1.54, 1.807) is 24.9 Å². The molecule has 0 unspecified atom stereocenters. The zero-order valence-corrected chi connectivity index (χ0v) is 15.9. The van der Waals surface area contributed by atoms with Crippen molar-refractivity contribution < 1.29 is 13.6 Å². The fourth-order valence-corrected chi connectivity index (χ4v) is 3.56. The number of fused-ring (bicyclic) bond motifs is 1. The van der Waals surface area contributed by atoms with Crippen molar-refractivity contribution in [2.24, 2.45) is 0 Å². The molecule has 4 rings (SSSR count). The van der Waals surface area contributed by atoms with E-state index < -0.39 is 5.63 Å². The van der Waals surface area contributed by atoms with Crippen LogP contribution < -0.4 is 5.63 Å². The summed E-state index contributed by atoms with van der Waals surface area (Å²) < 4.78 is 11.0. The van der Waals surface area contributed by atoms with E-state index in [4.69, 9.17) is 8.83 Å². The van der Waals surface area contributed by atoms with Crippen molar-refractivity contribution in [2.75, 3.05) is 6.54 Å². The van der Waals surface area contributed by atoms with Crippen LogP contribution in [0.15, 0.2) is 44.2 Å². The van der Waals surface area contributed by atoms with Crippen LogP contribution in [0.4, 0.5) is 0 Å². The number of hydrogen-bond donors (Lipinski definition) is 0. The lowest BCUT2D eigenvalue weighted by atomic mass is 10.1. The molecule has 7 nitrogen and oxygen atoms in total. The molecule has 4 heterocycles. The van der Waals surface area contributed by atoms with E-state index in [-0.39, 0.29) is 5.91 Å². The van der Waals surface area contributed by atoms with Crippen molar-refractivity contribution in [3.8, 4) is 0 Å². The number of hydrogen-bond acceptors (Lipinski definition) is 6. The third-order valence-corrected chi connectivity index (χ3v) is 4.96. The van der Waals surface area contributed by atoms with E-state index in [2.05, 4.69) is 9.97 Å². The molecule has 0 bridgehead atoms. The second-order valence-corrected chi connectivity index (χ2v) is 7.00. The van der Waals surface area contributed by atoms with Crippen LogP contribution in [0, 0.1) is 13.8 Å². The van der Waals surface area contributed by atoms with Gasteiger partial charge in [-0.1, -0.05) is 6.07 Å². The van der Waals surface area contributed by atoms with Crippen molar-refractivity contribution in [1.82, 2.24) is 14.9 Å². The second kappa shape index (κ2) is 7.42. The summed E-state index contributed by atoms with van der Waals surface area (Å²) in [5.41, 5.74) is 2.56. The molecule has 0 saturated carbocycles. The van der Waals surface area contributed by atoms with Gasteiger partial charge in [0, 0.05) is 37.8 Å². The van der Waals surface area contributed by atoms with Gasteiger partial charge < -0.3 is 13.7 Å². The fraction of sp³-hybridized carbons (Fsp3) is 0.333. The molecule has 7 heteroatoms. The number of rotatable bonds is 4. The van der Waals surface area contributed by atoms with Gasteiger partial charge in [0.25, 0.3) is 5.91 Å². The van der Waals surface area contributed by atoms with Gasteiger partial charge in [-0.15, -0.1) is 0 Å². The summed E-state index contributed by atoms with van der Waals surface area (Å²) >= 11 is 0. The molecule has 1 aliphatic heterocycles. The van der Waals surface area contributed by atoms with Crippen LogP contribution >= 0.6 is 0 Å². The number of oxazole rings is 1. The molecule has 0 atom stereocenters. The first-order chi connectivity index (χ1) is 13.5. The van der Waals surface area contributed by atoms with E-state index in [0.717, 1.165) is 23.4 Å². The maximum absolute atomic E-state index is 13.0. The number of carbonyl (C=O) groups is 1. The van der Waals surface area contributed by atoms with E-state index in [9.17, 15) is 9.59 Å². The summed E-state index contributed by atoms with van der Waals surface area (Å²) in [4.78, 5) is 34.9. The van der Waals surface area contributed by atoms with Crippen LogP contribution in [0.3, 0.4) is 0 Å². The molecule has 0 radical (unpaired) electrons. The van der Waals surface area contributed by atoms with E-state index in [1.165, 1.54) is 6.07 Å². The van der Waals surface area contributed by atoms with Crippen LogP contribution in [0.2, 0.25) is 0 Å². The van der Waals surface area contributed by atoms with E-state index in [0.29, 0.717) is 48.7 Å². The van der Waals surface area contributed by atoms with Crippen LogP contribution in [0.25, 0.3) is 0 Å². The van der Waals surface area contributed by atoms with Gasteiger partial charge in [0.2, 0.25) is 0 Å². The first kappa shape index (κ1) is 18.2. The normalized spacial score (nSPS) is 13.4. The minimum atomic E-state index is -0.442. The molecular weight excluding hydrogens is 358 g/mol. The Kier molecular flexibility index (Phi) is 4.81. The Morgan fingerprint density at radius 3 is 2.86 bits per heavy atom. The highest BCUT2D eigenvalue weighted by Gasteiger charge is 2.28. The number of amides is 1. The van der Waals surface area contributed by atoms with Crippen LogP contribution in [-0.4, -0.2) is 27.3 Å². The fourth-order valence-electron chi connectivity index (χ4n) is 3.56. The zero-order chi connectivity index (χ0) is 19.7. The smallest absolute Gasteiger partial charge is 0.336 e. The lowest BCUT2D eigenvalue weighted by molar-refractivity contribution is 0.0723. The minimum absolute atomic E-state index is 0.149. The number of aromatic nitrogens is 2. The molecule has 3 aromatic rings. The van der Waals surface area contributed by atoms with Crippen molar-refractivity contribution in [2.45, 2.75) is 39.7 Å². The highest BCUT2D eigenvalue weighted by molar-refractivity contribution is 5.96. The molecular formula is C21H21N3O4. The average molecular weight is 379 g/mol. The predicted octanol–water partition coefficient (Wildman–Crippen LogP) is 2.62. The molecule has 1 amide bonds. The Hall–Kier alpha value is -3.22. The molecule has 0 saturated heterocycles. The summed E-state index contributed by atoms with van der Waals surface area (Å²) in [7, 11) is 0. The Morgan fingerprint density at radius 1 is 1.25 bits per heavy atom. The molecule has 0 spiro atoms. The molecule has 0 N–H and O–H groups in total. The van der Waals surface area contributed by atoms with E-state index in [1.807, 2.05) is 18.3 Å². The van der Waals surface area contributed by atoms with E-state index >= 15 is 0 Å². The van der Waals surface area contributed by atoms with Gasteiger partial charge in [-0.05, 0) is 37.5 Å². The Labute approximate surface area is 162 Å². The first-order valence-corrected chi connectivity index (χ1v) is 9.28. The third kappa shape index (κ3) is 3.60. The standard InChI is InChI=1S/C21H21N3O4/c1-13-10-19(25)27-14(2)20(13)21(26)24-9-7-17-16(12-24)23-18(28-17)6-5-15-4-3-8-22-11-15/h3-4,8,10-11H,5-7,9,12H2,1-2H3. The summed E-state index contributed by atoms with van der Waals surface area (Å²) in [6.45, 7) is 4.33. The largest absolute Gasteiger partial charge is 0.445 e. The van der Waals surface area contributed by atoms with Gasteiger partial charge in [0.1, 0.15) is 17.2 Å². The number of pyridine rings is 1. The summed E-state index contributed by atoms with van der Waals surface area (Å²) in [5.74, 6) is 1.72. The number of aryl methyl sites for hydroxylation is 4. The summed E-state index contributed by atoms with van der Waals surface area (Å²) in [6, 6.07) is 5.29. The molecule has 28 heavy (non-hydrogen) atoms. The third-order valence-electron chi connectivity index (χ3n) is 4.96. The molecule has 144 valence electrons. The van der Waals surface area contributed by atoms with Crippen LogP contribution in [0.5, 0.6) is 0 Å². The van der Waals surface area contributed by atoms with Gasteiger partial charge >= 0.3 is 5.63 Å². The maximum Gasteiger partial charge on any atom is 0.336 e. The predicted molar refractivity (Wildman–Crippen MR) is 101 cm³/mol. The Balaban J connectivity index is 1.48. The molecule has 1 aliphatic rings. The quantitative estimate of drug-likeness (QED) is 0.692. The molecule has 0 aliphatic carbocycles. The molecule has 3 aromatic heterocycles. The SMILES string of the molecule is Cc1cc(=O)oc(C)c1C(=O)N1CCc2oc(CCc3cccnc3)nc2C1. The highest BCUT2D eigenvalue weighted by Crippen LogP contribution is 2.23. The summed E-state index contributed by atoms with van der Waals surface area (Å²) in [6.07, 6.45) is 5.70. The van der Waals surface area contributed by atoms with Crippen molar-refractivity contribution >= 4 is 5.91 Å². The van der Waals surface area contributed by atoms with Gasteiger partial charge in [0.15, 0.2) is 5.89 Å². The maximum atomic E-state index is 13.0. The Morgan fingerprint density at radius 2 is 2.11 bits per heavy atom. The summed E-state index contributed by atoms with van der Waals surface area (Å²) in [5, 5.41) is 0. The van der Waals surface area contributed by atoms with Gasteiger partial charge in [0.05, 0.1) is 12.1 Å². The first-order valence-electron chi connectivity index (χ1n) is 9.28. The topological polar surface area (TPSA) is 89.4 Å². The second-order valence-electron chi connectivity index (χ2n) is 7.00. The lowest BCUT2D eigenvalue weighted by Gasteiger charge is -2.26. The molecule has 0 aromatic carbocycles. The van der Waals surface area contributed by atoms with Crippen LogP contribution in [0.1, 0.15) is 44.6 Å². The van der Waals surface area contributed by atoms with Gasteiger partial charge in [-0.25, -0.2) is 9.78 Å². The van der Waals surface area contributed by atoms with Crippen molar-refractivity contribution in [3.63, 3.8) is 0 Å². The Bertz CT molecular complexity index is 1040. The van der Waals surface area contributed by atoms with Crippen LogP contribution in [-0.2, 0) is 25.8 Å².